The molecule has 1 heterocycles. The van der Waals surface area contributed by atoms with E-state index in [9.17, 15) is 4.79 Å². The molecule has 0 spiro atoms. The van der Waals surface area contributed by atoms with Crippen LogP contribution >= 0.6 is 11.3 Å². The topological polar surface area (TPSA) is 33.2 Å². The molecule has 88 valence electrons. The molecule has 2 aromatic rings. The van der Waals surface area contributed by atoms with Crippen LogP contribution in [-0.4, -0.2) is 22.8 Å². The van der Waals surface area contributed by atoms with Crippen molar-refractivity contribution in [2.24, 2.45) is 0 Å². The van der Waals surface area contributed by atoms with Crippen LogP contribution in [0.15, 0.2) is 35.8 Å². The van der Waals surface area contributed by atoms with Crippen molar-refractivity contribution in [2.75, 3.05) is 7.05 Å². The van der Waals surface area contributed by atoms with Gasteiger partial charge in [0.05, 0.1) is 17.7 Å². The largest absolute Gasteiger partial charge is 0.336 e. The van der Waals surface area contributed by atoms with E-state index in [1.165, 1.54) is 0 Å². The monoisotopic (exact) mass is 246 g/mol. The van der Waals surface area contributed by atoms with Gasteiger partial charge in [-0.2, -0.15) is 0 Å². The Hall–Kier alpha value is -1.68. The standard InChI is InChI=1S/C13H14N2OS/c1-10-12(17-9-14-10)8-15(2)13(16)11-6-4-3-5-7-11/h3-7,9H,8H2,1-2H3. The summed E-state index contributed by atoms with van der Waals surface area (Å²) in [6, 6.07) is 9.32. The lowest BCUT2D eigenvalue weighted by Crippen LogP contribution is -2.26. The molecule has 1 amide bonds. The predicted octanol–water partition coefficient (Wildman–Crippen LogP) is 2.72. The van der Waals surface area contributed by atoms with Gasteiger partial charge in [0.1, 0.15) is 0 Å². The minimum atomic E-state index is 0.0402. The average molecular weight is 246 g/mol. The van der Waals surface area contributed by atoms with E-state index < -0.39 is 0 Å². The molecule has 0 aliphatic carbocycles. The van der Waals surface area contributed by atoms with Gasteiger partial charge >= 0.3 is 0 Å². The van der Waals surface area contributed by atoms with Gasteiger partial charge in [0, 0.05) is 17.5 Å². The first kappa shape index (κ1) is 11.8. The van der Waals surface area contributed by atoms with Crippen molar-refractivity contribution < 1.29 is 4.79 Å². The van der Waals surface area contributed by atoms with E-state index in [-0.39, 0.29) is 5.91 Å². The highest BCUT2D eigenvalue weighted by Gasteiger charge is 2.13. The van der Waals surface area contributed by atoms with Crippen molar-refractivity contribution in [3.8, 4) is 0 Å². The first-order chi connectivity index (χ1) is 8.18. The van der Waals surface area contributed by atoms with E-state index in [2.05, 4.69) is 4.98 Å². The molecule has 4 heteroatoms. The normalized spacial score (nSPS) is 10.2. The number of hydrogen-bond donors (Lipinski definition) is 0. The zero-order chi connectivity index (χ0) is 12.3. The summed E-state index contributed by atoms with van der Waals surface area (Å²) in [5, 5.41) is 0. The summed E-state index contributed by atoms with van der Waals surface area (Å²) in [6.45, 7) is 2.58. The molecule has 0 saturated heterocycles. The molecular formula is C13H14N2OS. The van der Waals surface area contributed by atoms with Crippen LogP contribution in [0.3, 0.4) is 0 Å². The number of aromatic nitrogens is 1. The van der Waals surface area contributed by atoms with Gasteiger partial charge in [-0.3, -0.25) is 4.79 Å². The number of hydrogen-bond acceptors (Lipinski definition) is 3. The number of amides is 1. The summed E-state index contributed by atoms with van der Waals surface area (Å²) >= 11 is 1.59. The zero-order valence-electron chi connectivity index (χ0n) is 9.88. The second-order valence-corrected chi connectivity index (χ2v) is 4.83. The number of carbonyl (C=O) groups excluding carboxylic acids is 1. The molecule has 1 aromatic heterocycles. The Morgan fingerprint density at radius 3 is 2.65 bits per heavy atom. The summed E-state index contributed by atoms with van der Waals surface area (Å²) in [7, 11) is 1.81. The number of rotatable bonds is 3. The summed E-state index contributed by atoms with van der Waals surface area (Å²) in [4.78, 5) is 19.1. The predicted molar refractivity (Wildman–Crippen MR) is 69.1 cm³/mol. The molecule has 0 atom stereocenters. The Bertz CT molecular complexity index is 507. The van der Waals surface area contributed by atoms with Crippen molar-refractivity contribution in [2.45, 2.75) is 13.5 Å². The first-order valence-electron chi connectivity index (χ1n) is 5.38. The third-order valence-corrected chi connectivity index (χ3v) is 3.51. The van der Waals surface area contributed by atoms with Crippen molar-refractivity contribution in [3.05, 3.63) is 52.0 Å². The third kappa shape index (κ3) is 2.71. The molecule has 0 bridgehead atoms. The fourth-order valence-electron chi connectivity index (χ4n) is 1.57. The Labute approximate surface area is 105 Å². The smallest absolute Gasteiger partial charge is 0.253 e. The summed E-state index contributed by atoms with van der Waals surface area (Å²) in [5.41, 5.74) is 3.53. The second-order valence-electron chi connectivity index (χ2n) is 3.89. The summed E-state index contributed by atoms with van der Waals surface area (Å²) in [5.74, 6) is 0.0402. The average Bonchev–Trinajstić information content (AvgIpc) is 2.75. The molecule has 0 radical (unpaired) electrons. The molecule has 3 nitrogen and oxygen atoms in total. The SMILES string of the molecule is Cc1ncsc1CN(C)C(=O)c1ccccc1. The second kappa shape index (κ2) is 5.10. The Morgan fingerprint density at radius 2 is 2.06 bits per heavy atom. The van der Waals surface area contributed by atoms with Crippen molar-refractivity contribution in [3.63, 3.8) is 0 Å². The van der Waals surface area contributed by atoms with Crippen LogP contribution in [0, 0.1) is 6.92 Å². The van der Waals surface area contributed by atoms with Gasteiger partial charge in [0.25, 0.3) is 5.91 Å². The fourth-order valence-corrected chi connectivity index (χ4v) is 2.40. The quantitative estimate of drug-likeness (QED) is 0.834. The summed E-state index contributed by atoms with van der Waals surface area (Å²) in [6.07, 6.45) is 0. The molecule has 0 saturated carbocycles. The van der Waals surface area contributed by atoms with Gasteiger partial charge in [0.15, 0.2) is 0 Å². The van der Waals surface area contributed by atoms with Gasteiger partial charge in [-0.25, -0.2) is 4.98 Å². The van der Waals surface area contributed by atoms with Gasteiger partial charge in [0.2, 0.25) is 0 Å². The van der Waals surface area contributed by atoms with Crippen molar-refractivity contribution in [1.29, 1.82) is 0 Å². The van der Waals surface area contributed by atoms with Crippen LogP contribution in [0.1, 0.15) is 20.9 Å². The molecular weight excluding hydrogens is 232 g/mol. The number of aryl methyl sites for hydroxylation is 1. The molecule has 1 aromatic carbocycles. The number of benzene rings is 1. The van der Waals surface area contributed by atoms with Crippen molar-refractivity contribution >= 4 is 17.2 Å². The van der Waals surface area contributed by atoms with Crippen LogP contribution in [-0.2, 0) is 6.54 Å². The van der Waals surface area contributed by atoms with E-state index in [0.717, 1.165) is 16.1 Å². The van der Waals surface area contributed by atoms with Crippen LogP contribution in [0.4, 0.5) is 0 Å². The maximum Gasteiger partial charge on any atom is 0.253 e. The highest BCUT2D eigenvalue weighted by atomic mass is 32.1. The minimum absolute atomic E-state index is 0.0402. The van der Waals surface area contributed by atoms with Gasteiger partial charge in [-0.15, -0.1) is 11.3 Å². The highest BCUT2D eigenvalue weighted by Crippen LogP contribution is 2.15. The van der Waals surface area contributed by atoms with E-state index >= 15 is 0 Å². The minimum Gasteiger partial charge on any atom is -0.336 e. The molecule has 2 rings (SSSR count). The van der Waals surface area contributed by atoms with Crippen LogP contribution in [0.2, 0.25) is 0 Å². The number of carbonyl (C=O) groups is 1. The molecule has 17 heavy (non-hydrogen) atoms. The number of thiazole rings is 1. The molecule has 0 aliphatic rings. The van der Waals surface area contributed by atoms with E-state index in [1.54, 1.807) is 16.2 Å². The lowest BCUT2D eigenvalue weighted by molar-refractivity contribution is 0.0786. The van der Waals surface area contributed by atoms with E-state index in [0.29, 0.717) is 6.54 Å². The van der Waals surface area contributed by atoms with E-state index in [1.807, 2.05) is 49.8 Å². The lowest BCUT2D eigenvalue weighted by Gasteiger charge is -2.16. The molecule has 0 fully saturated rings. The fraction of sp³-hybridized carbons (Fsp3) is 0.231. The molecule has 0 N–H and O–H groups in total. The Balaban J connectivity index is 2.09. The van der Waals surface area contributed by atoms with E-state index in [4.69, 9.17) is 0 Å². The third-order valence-electron chi connectivity index (χ3n) is 2.59. The van der Waals surface area contributed by atoms with Crippen LogP contribution in [0.25, 0.3) is 0 Å². The van der Waals surface area contributed by atoms with Crippen molar-refractivity contribution in [1.82, 2.24) is 9.88 Å². The highest BCUT2D eigenvalue weighted by molar-refractivity contribution is 7.09. The Morgan fingerprint density at radius 1 is 1.35 bits per heavy atom. The molecule has 0 unspecified atom stereocenters. The Kier molecular flexibility index (Phi) is 3.54. The molecule has 0 aliphatic heterocycles. The summed E-state index contributed by atoms with van der Waals surface area (Å²) < 4.78 is 0. The number of nitrogens with zero attached hydrogens (tertiary/aromatic N) is 2. The maximum absolute atomic E-state index is 12.1. The first-order valence-corrected chi connectivity index (χ1v) is 6.26. The van der Waals surface area contributed by atoms with Gasteiger partial charge in [-0.1, -0.05) is 18.2 Å². The maximum atomic E-state index is 12.1. The van der Waals surface area contributed by atoms with Gasteiger partial charge in [-0.05, 0) is 19.1 Å². The zero-order valence-corrected chi connectivity index (χ0v) is 10.7. The lowest BCUT2D eigenvalue weighted by atomic mass is 10.2. The van der Waals surface area contributed by atoms with Crippen LogP contribution < -0.4 is 0 Å². The van der Waals surface area contributed by atoms with Gasteiger partial charge < -0.3 is 4.90 Å². The van der Waals surface area contributed by atoms with Crippen LogP contribution in [0.5, 0.6) is 0 Å².